The highest BCUT2D eigenvalue weighted by Gasteiger charge is 2.65. The van der Waals surface area contributed by atoms with Crippen LogP contribution in [0, 0.1) is 17.3 Å². The van der Waals surface area contributed by atoms with Crippen LogP contribution in [-0.2, 0) is 16.0 Å². The number of ether oxygens (including phenoxy) is 1. The van der Waals surface area contributed by atoms with Gasteiger partial charge in [-0.2, -0.15) is 0 Å². The largest absolute Gasteiger partial charge is 0.497 e. The fourth-order valence-electron chi connectivity index (χ4n) is 2.86. The van der Waals surface area contributed by atoms with E-state index in [2.05, 4.69) is 5.32 Å². The van der Waals surface area contributed by atoms with E-state index >= 15 is 0 Å². The molecule has 114 valence electrons. The summed E-state index contributed by atoms with van der Waals surface area (Å²) in [4.78, 5) is 23.1. The molecule has 1 aromatic rings. The van der Waals surface area contributed by atoms with Gasteiger partial charge in [0.2, 0.25) is 5.91 Å². The quantitative estimate of drug-likeness (QED) is 0.836. The van der Waals surface area contributed by atoms with Crippen molar-refractivity contribution < 1.29 is 19.4 Å². The maximum Gasteiger partial charge on any atom is 0.307 e. The lowest BCUT2D eigenvalue weighted by Crippen LogP contribution is -2.29. The molecule has 2 N–H and O–H groups in total. The van der Waals surface area contributed by atoms with Crippen LogP contribution in [0.15, 0.2) is 24.3 Å². The average Bonchev–Trinajstić information content (AvgIpc) is 3.02. The van der Waals surface area contributed by atoms with Gasteiger partial charge in [0, 0.05) is 6.54 Å². The van der Waals surface area contributed by atoms with Gasteiger partial charge in [-0.25, -0.2) is 0 Å². The van der Waals surface area contributed by atoms with E-state index in [9.17, 15) is 9.59 Å². The molecule has 1 saturated carbocycles. The summed E-state index contributed by atoms with van der Waals surface area (Å²) < 4.78 is 5.15. The van der Waals surface area contributed by atoms with Gasteiger partial charge in [-0.1, -0.05) is 26.0 Å². The van der Waals surface area contributed by atoms with Gasteiger partial charge >= 0.3 is 5.97 Å². The van der Waals surface area contributed by atoms with E-state index in [4.69, 9.17) is 9.84 Å². The third kappa shape index (κ3) is 3.17. The summed E-state index contributed by atoms with van der Waals surface area (Å²) in [5, 5.41) is 11.9. The molecule has 21 heavy (non-hydrogen) atoms. The smallest absolute Gasteiger partial charge is 0.307 e. The minimum absolute atomic E-state index is 0.171. The zero-order valence-electron chi connectivity index (χ0n) is 12.6. The highest BCUT2D eigenvalue weighted by molar-refractivity contribution is 5.91. The predicted molar refractivity (Wildman–Crippen MR) is 78.1 cm³/mol. The molecule has 0 aliphatic heterocycles. The Morgan fingerprint density at radius 1 is 1.33 bits per heavy atom. The molecule has 1 aliphatic rings. The Morgan fingerprint density at radius 3 is 2.62 bits per heavy atom. The van der Waals surface area contributed by atoms with Gasteiger partial charge in [0.15, 0.2) is 0 Å². The summed E-state index contributed by atoms with van der Waals surface area (Å²) in [6.07, 6.45) is 0.688. The molecule has 0 bridgehead atoms. The third-order valence-electron chi connectivity index (χ3n) is 4.22. The molecule has 0 unspecified atom stereocenters. The summed E-state index contributed by atoms with van der Waals surface area (Å²) >= 11 is 0. The summed E-state index contributed by atoms with van der Waals surface area (Å²) in [6, 6.07) is 7.66. The Bertz CT molecular complexity index is 553. The van der Waals surface area contributed by atoms with Crippen molar-refractivity contribution in [3.8, 4) is 5.75 Å². The SMILES string of the molecule is COc1cccc(CCNC(=O)[C@H]2[C@@H](C(=O)O)C2(C)C)c1. The van der Waals surface area contributed by atoms with Crippen LogP contribution in [0.25, 0.3) is 0 Å². The van der Waals surface area contributed by atoms with Crippen LogP contribution in [0.4, 0.5) is 0 Å². The second-order valence-corrected chi connectivity index (χ2v) is 6.01. The number of benzene rings is 1. The van der Waals surface area contributed by atoms with Crippen LogP contribution in [0.2, 0.25) is 0 Å². The Labute approximate surface area is 124 Å². The van der Waals surface area contributed by atoms with E-state index in [1.54, 1.807) is 7.11 Å². The van der Waals surface area contributed by atoms with Crippen molar-refractivity contribution in [3.05, 3.63) is 29.8 Å². The standard InChI is InChI=1S/C16H21NO4/c1-16(2)12(13(16)15(19)20)14(18)17-8-7-10-5-4-6-11(9-10)21-3/h4-6,9,12-13H,7-8H2,1-3H3,(H,17,18)(H,19,20)/t12-,13+/m1/s1. The first-order valence-corrected chi connectivity index (χ1v) is 7.01. The van der Waals surface area contributed by atoms with Gasteiger partial charge in [0.05, 0.1) is 18.9 Å². The molecule has 0 radical (unpaired) electrons. The second kappa shape index (κ2) is 5.76. The molecule has 2 rings (SSSR count). The van der Waals surface area contributed by atoms with Crippen LogP contribution in [0.1, 0.15) is 19.4 Å². The number of carbonyl (C=O) groups excluding carboxylic acids is 1. The summed E-state index contributed by atoms with van der Waals surface area (Å²) in [6.45, 7) is 4.13. The van der Waals surface area contributed by atoms with Crippen LogP contribution in [0.3, 0.4) is 0 Å². The first kappa shape index (κ1) is 15.4. The molecule has 1 amide bonds. The number of methoxy groups -OCH3 is 1. The first-order chi connectivity index (χ1) is 9.87. The fraction of sp³-hybridized carbons (Fsp3) is 0.500. The number of amides is 1. The second-order valence-electron chi connectivity index (χ2n) is 6.01. The monoisotopic (exact) mass is 291 g/mol. The van der Waals surface area contributed by atoms with E-state index in [1.165, 1.54) is 0 Å². The molecule has 1 aliphatic carbocycles. The molecule has 5 heteroatoms. The minimum atomic E-state index is -0.895. The lowest BCUT2D eigenvalue weighted by molar-refractivity contribution is -0.140. The van der Waals surface area contributed by atoms with Gasteiger partial charge in [0.1, 0.15) is 5.75 Å². The topological polar surface area (TPSA) is 75.6 Å². The number of carbonyl (C=O) groups is 2. The van der Waals surface area contributed by atoms with E-state index in [0.29, 0.717) is 13.0 Å². The highest BCUT2D eigenvalue weighted by atomic mass is 16.5. The number of aliphatic carboxylic acids is 1. The molecular formula is C16H21NO4. The van der Waals surface area contributed by atoms with Crippen molar-refractivity contribution in [2.24, 2.45) is 17.3 Å². The molecular weight excluding hydrogens is 270 g/mol. The lowest BCUT2D eigenvalue weighted by Gasteiger charge is -2.07. The Balaban J connectivity index is 1.84. The zero-order valence-corrected chi connectivity index (χ0v) is 12.6. The van der Waals surface area contributed by atoms with Gasteiger partial charge in [-0.05, 0) is 29.5 Å². The third-order valence-corrected chi connectivity index (χ3v) is 4.22. The van der Waals surface area contributed by atoms with Crippen molar-refractivity contribution in [2.45, 2.75) is 20.3 Å². The molecule has 1 fully saturated rings. The number of carboxylic acids is 1. The number of rotatable bonds is 6. The van der Waals surface area contributed by atoms with E-state index in [0.717, 1.165) is 11.3 Å². The Morgan fingerprint density at radius 2 is 2.05 bits per heavy atom. The summed E-state index contributed by atoms with van der Waals surface area (Å²) in [5.41, 5.74) is 0.616. The maximum atomic E-state index is 12.0. The maximum absolute atomic E-state index is 12.0. The summed E-state index contributed by atoms with van der Waals surface area (Å²) in [5.74, 6) is -1.29. The molecule has 0 heterocycles. The molecule has 0 saturated heterocycles. The van der Waals surface area contributed by atoms with Gasteiger partial charge in [-0.3, -0.25) is 9.59 Å². The van der Waals surface area contributed by atoms with Crippen molar-refractivity contribution >= 4 is 11.9 Å². The van der Waals surface area contributed by atoms with E-state index in [1.807, 2.05) is 38.1 Å². The normalized spacial score (nSPS) is 22.4. The van der Waals surface area contributed by atoms with Crippen LogP contribution in [-0.4, -0.2) is 30.6 Å². The van der Waals surface area contributed by atoms with Crippen molar-refractivity contribution in [3.63, 3.8) is 0 Å². The van der Waals surface area contributed by atoms with Gasteiger partial charge in [-0.15, -0.1) is 0 Å². The lowest BCUT2D eigenvalue weighted by atomic mass is 10.1. The number of carboxylic acid groups (broad SMARTS) is 1. The minimum Gasteiger partial charge on any atom is -0.497 e. The van der Waals surface area contributed by atoms with Crippen LogP contribution >= 0.6 is 0 Å². The number of hydrogen-bond acceptors (Lipinski definition) is 3. The number of nitrogens with one attached hydrogen (secondary N) is 1. The predicted octanol–water partition coefficient (Wildman–Crippen LogP) is 1.71. The zero-order chi connectivity index (χ0) is 15.6. The average molecular weight is 291 g/mol. The van der Waals surface area contributed by atoms with Gasteiger partial charge < -0.3 is 15.2 Å². The van der Waals surface area contributed by atoms with Crippen molar-refractivity contribution in [1.29, 1.82) is 0 Å². The highest BCUT2D eigenvalue weighted by Crippen LogP contribution is 2.58. The first-order valence-electron chi connectivity index (χ1n) is 7.01. The molecule has 1 aromatic carbocycles. The summed E-state index contributed by atoms with van der Waals surface area (Å²) in [7, 11) is 1.61. The fourth-order valence-corrected chi connectivity index (χ4v) is 2.86. The van der Waals surface area contributed by atoms with Crippen molar-refractivity contribution in [2.75, 3.05) is 13.7 Å². The van der Waals surface area contributed by atoms with E-state index in [-0.39, 0.29) is 5.91 Å². The van der Waals surface area contributed by atoms with Crippen molar-refractivity contribution in [1.82, 2.24) is 5.32 Å². The molecule has 0 aromatic heterocycles. The van der Waals surface area contributed by atoms with Crippen LogP contribution < -0.4 is 10.1 Å². The molecule has 0 spiro atoms. The van der Waals surface area contributed by atoms with E-state index < -0.39 is 23.2 Å². The Hall–Kier alpha value is -2.04. The molecule has 5 nitrogen and oxygen atoms in total. The number of hydrogen-bond donors (Lipinski definition) is 2. The molecule has 2 atom stereocenters. The Kier molecular flexibility index (Phi) is 4.21. The van der Waals surface area contributed by atoms with Gasteiger partial charge in [0.25, 0.3) is 0 Å². The van der Waals surface area contributed by atoms with Crippen LogP contribution in [0.5, 0.6) is 5.75 Å².